The summed E-state index contributed by atoms with van der Waals surface area (Å²) < 4.78 is 1.11. The lowest BCUT2D eigenvalue weighted by Gasteiger charge is -2.05. The van der Waals surface area contributed by atoms with Gasteiger partial charge in [0.25, 0.3) is 0 Å². The molecule has 0 unspecified atom stereocenters. The van der Waals surface area contributed by atoms with E-state index < -0.39 is 0 Å². The summed E-state index contributed by atoms with van der Waals surface area (Å²) in [6.07, 6.45) is 2.42. The monoisotopic (exact) mass is 401 g/mol. The molecular formula is C15H20IN3O2. The van der Waals surface area contributed by atoms with Gasteiger partial charge in [-0.15, -0.1) is 0 Å². The van der Waals surface area contributed by atoms with Gasteiger partial charge in [-0.25, -0.2) is 5.43 Å². The minimum absolute atomic E-state index is 0.116. The summed E-state index contributed by atoms with van der Waals surface area (Å²) in [4.78, 5) is 23.2. The molecule has 0 spiro atoms. The lowest BCUT2D eigenvalue weighted by molar-refractivity contribution is -0.121. The Morgan fingerprint density at radius 3 is 2.48 bits per heavy atom. The van der Waals surface area contributed by atoms with Crippen LogP contribution in [0.3, 0.4) is 0 Å². The number of halogens is 1. The van der Waals surface area contributed by atoms with Crippen molar-refractivity contribution in [3.63, 3.8) is 0 Å². The van der Waals surface area contributed by atoms with Crippen molar-refractivity contribution in [2.75, 3.05) is 5.32 Å². The number of hydrazone groups is 1. The normalized spacial score (nSPS) is 11.1. The number of anilines is 1. The summed E-state index contributed by atoms with van der Waals surface area (Å²) in [5, 5.41) is 6.71. The first-order valence-corrected chi connectivity index (χ1v) is 7.96. The Bertz CT molecular complexity index is 512. The summed E-state index contributed by atoms with van der Waals surface area (Å²) in [6.45, 7) is 3.74. The van der Waals surface area contributed by atoms with Gasteiger partial charge in [0.05, 0.1) is 6.42 Å². The predicted molar refractivity (Wildman–Crippen MR) is 93.2 cm³/mol. The second kappa shape index (κ2) is 9.49. The van der Waals surface area contributed by atoms with E-state index in [9.17, 15) is 9.59 Å². The molecule has 6 heteroatoms. The zero-order valence-electron chi connectivity index (χ0n) is 12.3. The zero-order chi connectivity index (χ0) is 15.7. The van der Waals surface area contributed by atoms with E-state index >= 15 is 0 Å². The van der Waals surface area contributed by atoms with Crippen LogP contribution < -0.4 is 10.7 Å². The molecule has 21 heavy (non-hydrogen) atoms. The van der Waals surface area contributed by atoms with Crippen LogP contribution in [-0.4, -0.2) is 17.5 Å². The third kappa shape index (κ3) is 7.79. The predicted octanol–water partition coefficient (Wildman–Crippen LogP) is 3.30. The average molecular weight is 401 g/mol. The van der Waals surface area contributed by atoms with Crippen molar-refractivity contribution in [1.29, 1.82) is 0 Å². The largest absolute Gasteiger partial charge is 0.326 e. The van der Waals surface area contributed by atoms with Crippen molar-refractivity contribution in [3.8, 4) is 0 Å². The average Bonchev–Trinajstić information content (AvgIpc) is 2.45. The van der Waals surface area contributed by atoms with Crippen molar-refractivity contribution in [2.45, 2.75) is 39.5 Å². The molecule has 5 nitrogen and oxygen atoms in total. The van der Waals surface area contributed by atoms with E-state index in [4.69, 9.17) is 0 Å². The molecule has 1 rings (SSSR count). The van der Waals surface area contributed by atoms with E-state index in [1.807, 2.05) is 31.2 Å². The first-order chi connectivity index (χ1) is 10.0. The SMILES string of the molecule is CCCCC(=O)N/N=C(/C)CC(=O)Nc1ccc(I)cc1. The molecule has 0 aliphatic carbocycles. The maximum atomic E-state index is 11.8. The van der Waals surface area contributed by atoms with Gasteiger partial charge in [0, 0.05) is 21.4 Å². The lowest BCUT2D eigenvalue weighted by atomic mass is 10.2. The van der Waals surface area contributed by atoms with Crippen LogP contribution in [0.15, 0.2) is 29.4 Å². The summed E-state index contributed by atoms with van der Waals surface area (Å²) >= 11 is 2.20. The van der Waals surface area contributed by atoms with Crippen LogP contribution in [0, 0.1) is 3.57 Å². The Balaban J connectivity index is 2.39. The number of carbonyl (C=O) groups excluding carboxylic acids is 2. The minimum Gasteiger partial charge on any atom is -0.326 e. The highest BCUT2D eigenvalue weighted by Gasteiger charge is 2.05. The van der Waals surface area contributed by atoms with Crippen molar-refractivity contribution in [1.82, 2.24) is 5.43 Å². The van der Waals surface area contributed by atoms with Gasteiger partial charge < -0.3 is 5.32 Å². The van der Waals surface area contributed by atoms with Crippen molar-refractivity contribution in [3.05, 3.63) is 27.8 Å². The number of nitrogens with zero attached hydrogens (tertiary/aromatic N) is 1. The Morgan fingerprint density at radius 2 is 1.86 bits per heavy atom. The number of hydrogen-bond donors (Lipinski definition) is 2. The molecule has 1 aromatic rings. The van der Waals surface area contributed by atoms with E-state index in [2.05, 4.69) is 38.4 Å². The summed E-state index contributed by atoms with van der Waals surface area (Å²) in [6, 6.07) is 7.54. The molecular weight excluding hydrogens is 381 g/mol. The number of unbranched alkanes of at least 4 members (excludes halogenated alkanes) is 1. The smallest absolute Gasteiger partial charge is 0.240 e. The second-order valence-electron chi connectivity index (χ2n) is 4.72. The van der Waals surface area contributed by atoms with Gasteiger partial charge in [0.15, 0.2) is 0 Å². The summed E-state index contributed by atoms with van der Waals surface area (Å²) in [5.74, 6) is -0.269. The molecule has 0 radical (unpaired) electrons. The van der Waals surface area contributed by atoms with Crippen LogP contribution in [0.4, 0.5) is 5.69 Å². The van der Waals surface area contributed by atoms with Crippen molar-refractivity contribution >= 4 is 45.8 Å². The van der Waals surface area contributed by atoms with Crippen LogP contribution in [0.5, 0.6) is 0 Å². The Hall–Kier alpha value is -1.44. The van der Waals surface area contributed by atoms with Gasteiger partial charge in [0.2, 0.25) is 11.8 Å². The summed E-state index contributed by atoms with van der Waals surface area (Å²) in [7, 11) is 0. The topological polar surface area (TPSA) is 70.6 Å². The number of amides is 2. The van der Waals surface area contributed by atoms with E-state index in [1.165, 1.54) is 0 Å². The van der Waals surface area contributed by atoms with Crippen molar-refractivity contribution in [2.24, 2.45) is 5.10 Å². The standard InChI is InChI=1S/C15H20IN3O2/c1-3-4-5-14(20)19-18-11(2)10-15(21)17-13-8-6-12(16)7-9-13/h6-9H,3-5,10H2,1-2H3,(H,17,21)(H,19,20)/b18-11-. The number of carbonyl (C=O) groups is 2. The molecule has 0 fully saturated rings. The molecule has 0 aliphatic heterocycles. The van der Waals surface area contributed by atoms with Crippen LogP contribution in [0.1, 0.15) is 39.5 Å². The molecule has 0 aliphatic rings. The molecule has 2 amide bonds. The summed E-state index contributed by atoms with van der Waals surface area (Å²) in [5.41, 5.74) is 3.78. The van der Waals surface area contributed by atoms with Gasteiger partial charge in [-0.05, 0) is 60.2 Å². The Labute approximate surface area is 138 Å². The van der Waals surface area contributed by atoms with Crippen LogP contribution in [-0.2, 0) is 9.59 Å². The molecule has 2 N–H and O–H groups in total. The number of hydrogen-bond acceptors (Lipinski definition) is 3. The van der Waals surface area contributed by atoms with Gasteiger partial charge in [-0.3, -0.25) is 9.59 Å². The van der Waals surface area contributed by atoms with Gasteiger partial charge in [-0.1, -0.05) is 13.3 Å². The molecule has 0 saturated heterocycles. The third-order valence-electron chi connectivity index (χ3n) is 2.67. The van der Waals surface area contributed by atoms with E-state index in [0.29, 0.717) is 12.1 Å². The van der Waals surface area contributed by atoms with Crippen LogP contribution >= 0.6 is 22.6 Å². The molecule has 0 atom stereocenters. The van der Waals surface area contributed by atoms with E-state index in [1.54, 1.807) is 6.92 Å². The highest BCUT2D eigenvalue weighted by atomic mass is 127. The molecule has 0 aromatic heterocycles. The lowest BCUT2D eigenvalue weighted by Crippen LogP contribution is -2.21. The highest BCUT2D eigenvalue weighted by Crippen LogP contribution is 2.11. The molecule has 0 heterocycles. The molecule has 1 aromatic carbocycles. The molecule has 0 bridgehead atoms. The zero-order valence-corrected chi connectivity index (χ0v) is 14.4. The second-order valence-corrected chi connectivity index (χ2v) is 5.96. The number of nitrogens with one attached hydrogen (secondary N) is 2. The quantitative estimate of drug-likeness (QED) is 0.418. The first-order valence-electron chi connectivity index (χ1n) is 6.88. The number of rotatable bonds is 7. The van der Waals surface area contributed by atoms with E-state index in [-0.39, 0.29) is 18.2 Å². The van der Waals surface area contributed by atoms with E-state index in [0.717, 1.165) is 22.1 Å². The fraction of sp³-hybridized carbons (Fsp3) is 0.400. The number of benzene rings is 1. The van der Waals surface area contributed by atoms with Gasteiger partial charge >= 0.3 is 0 Å². The van der Waals surface area contributed by atoms with Gasteiger partial charge in [0.1, 0.15) is 0 Å². The maximum Gasteiger partial charge on any atom is 0.240 e. The highest BCUT2D eigenvalue weighted by molar-refractivity contribution is 14.1. The Kier molecular flexibility index (Phi) is 7.96. The maximum absolute atomic E-state index is 11.8. The van der Waals surface area contributed by atoms with Gasteiger partial charge in [-0.2, -0.15) is 5.10 Å². The molecule has 0 saturated carbocycles. The molecule has 114 valence electrons. The third-order valence-corrected chi connectivity index (χ3v) is 3.39. The van der Waals surface area contributed by atoms with Crippen LogP contribution in [0.2, 0.25) is 0 Å². The minimum atomic E-state index is -0.153. The Morgan fingerprint density at radius 1 is 1.19 bits per heavy atom. The van der Waals surface area contributed by atoms with Crippen LogP contribution in [0.25, 0.3) is 0 Å². The fourth-order valence-electron chi connectivity index (χ4n) is 1.56. The first kappa shape index (κ1) is 17.6. The fourth-order valence-corrected chi connectivity index (χ4v) is 1.92. The van der Waals surface area contributed by atoms with Crippen molar-refractivity contribution < 1.29 is 9.59 Å².